The van der Waals surface area contributed by atoms with Gasteiger partial charge in [-0.25, -0.2) is 0 Å². The van der Waals surface area contributed by atoms with Crippen LogP contribution in [0.25, 0.3) is 0 Å². The number of carbonyl (C=O) groups excluding carboxylic acids is 2. The van der Waals surface area contributed by atoms with E-state index in [0.717, 1.165) is 16.7 Å². The minimum absolute atomic E-state index is 0.0785. The zero-order valence-corrected chi connectivity index (χ0v) is 19.8. The van der Waals surface area contributed by atoms with Crippen molar-refractivity contribution in [1.82, 2.24) is 10.2 Å². The second-order valence-corrected chi connectivity index (χ2v) is 8.60. The lowest BCUT2D eigenvalue weighted by Gasteiger charge is -2.21. The van der Waals surface area contributed by atoms with Crippen LogP contribution >= 0.6 is 0 Å². The third kappa shape index (κ3) is 5.06. The van der Waals surface area contributed by atoms with E-state index in [4.69, 9.17) is 9.47 Å². The van der Waals surface area contributed by atoms with E-state index in [9.17, 15) is 9.59 Å². The molecule has 4 rings (SSSR count). The van der Waals surface area contributed by atoms with Gasteiger partial charge in [0.15, 0.2) is 0 Å². The Kier molecular flexibility index (Phi) is 7.16. The molecule has 6 heteroatoms. The first kappa shape index (κ1) is 23.4. The number of likely N-dealkylation sites (tertiary alicyclic amines) is 1. The van der Waals surface area contributed by atoms with Crippen LogP contribution in [0.2, 0.25) is 0 Å². The fourth-order valence-electron chi connectivity index (χ4n) is 4.47. The van der Waals surface area contributed by atoms with Crippen molar-refractivity contribution in [1.29, 1.82) is 0 Å². The molecule has 0 aliphatic carbocycles. The molecule has 0 radical (unpaired) electrons. The van der Waals surface area contributed by atoms with Crippen LogP contribution in [0.15, 0.2) is 72.8 Å². The summed E-state index contributed by atoms with van der Waals surface area (Å²) in [7, 11) is 3.22. The Balaban J connectivity index is 1.62. The zero-order valence-electron chi connectivity index (χ0n) is 19.8. The second kappa shape index (κ2) is 10.4. The van der Waals surface area contributed by atoms with E-state index in [-0.39, 0.29) is 17.7 Å². The number of carbonyl (C=O) groups is 2. The molecule has 2 atom stereocenters. The molecule has 0 unspecified atom stereocenters. The van der Waals surface area contributed by atoms with Crippen molar-refractivity contribution < 1.29 is 19.1 Å². The fourth-order valence-corrected chi connectivity index (χ4v) is 4.47. The van der Waals surface area contributed by atoms with Crippen LogP contribution < -0.4 is 14.8 Å². The number of hydrogen-bond acceptors (Lipinski definition) is 4. The van der Waals surface area contributed by atoms with E-state index in [0.29, 0.717) is 36.7 Å². The summed E-state index contributed by atoms with van der Waals surface area (Å²) in [6, 6.07) is 22.9. The normalized spacial score (nSPS) is 17.3. The van der Waals surface area contributed by atoms with Crippen molar-refractivity contribution >= 4 is 11.8 Å². The molecule has 6 nitrogen and oxygen atoms in total. The predicted octanol–water partition coefficient (Wildman–Crippen LogP) is 4.18. The number of amides is 2. The molecule has 1 saturated heterocycles. The molecular weight excluding hydrogens is 428 g/mol. The van der Waals surface area contributed by atoms with Gasteiger partial charge in [-0.1, -0.05) is 48.0 Å². The van der Waals surface area contributed by atoms with Crippen molar-refractivity contribution in [3.8, 4) is 11.5 Å². The highest BCUT2D eigenvalue weighted by Crippen LogP contribution is 2.40. The Morgan fingerprint density at radius 1 is 0.941 bits per heavy atom. The summed E-state index contributed by atoms with van der Waals surface area (Å²) < 4.78 is 11.1. The highest BCUT2D eigenvalue weighted by atomic mass is 16.5. The maximum absolute atomic E-state index is 13.4. The largest absolute Gasteiger partial charge is 0.497 e. The van der Waals surface area contributed by atoms with Crippen molar-refractivity contribution in [2.45, 2.75) is 19.4 Å². The van der Waals surface area contributed by atoms with Gasteiger partial charge in [-0.2, -0.15) is 0 Å². The van der Waals surface area contributed by atoms with E-state index < -0.39 is 5.92 Å². The number of methoxy groups -OCH3 is 2. The maximum Gasteiger partial charge on any atom is 0.253 e. The molecule has 0 bridgehead atoms. The Morgan fingerprint density at radius 2 is 1.68 bits per heavy atom. The van der Waals surface area contributed by atoms with Crippen LogP contribution in [0.1, 0.15) is 33.0 Å². The third-order valence-electron chi connectivity index (χ3n) is 6.39. The first-order valence-corrected chi connectivity index (χ1v) is 11.4. The number of nitrogens with one attached hydrogen (secondary N) is 1. The first-order chi connectivity index (χ1) is 16.5. The van der Waals surface area contributed by atoms with Crippen LogP contribution in [0, 0.1) is 12.8 Å². The van der Waals surface area contributed by atoms with Crippen LogP contribution in [0.5, 0.6) is 11.5 Å². The van der Waals surface area contributed by atoms with E-state index in [1.54, 1.807) is 19.1 Å². The maximum atomic E-state index is 13.4. The topological polar surface area (TPSA) is 67.9 Å². The SMILES string of the molecule is COc1ccc(OC)c([C@H]2CN(C(=O)c3ccc(C)cc3)C[C@@H]2C(=O)NCc2ccccc2)c1. The molecule has 3 aromatic carbocycles. The van der Waals surface area contributed by atoms with Gasteiger partial charge in [0.25, 0.3) is 5.91 Å². The number of ether oxygens (including phenoxy) is 2. The Morgan fingerprint density at radius 3 is 2.35 bits per heavy atom. The summed E-state index contributed by atoms with van der Waals surface area (Å²) in [5.74, 6) is 0.552. The van der Waals surface area contributed by atoms with Crippen molar-refractivity contribution in [2.24, 2.45) is 5.92 Å². The zero-order chi connectivity index (χ0) is 24.1. The lowest BCUT2D eigenvalue weighted by atomic mass is 9.87. The minimum atomic E-state index is -0.417. The van der Waals surface area contributed by atoms with Crippen LogP contribution in [-0.4, -0.2) is 44.0 Å². The number of nitrogens with zero attached hydrogens (tertiary/aromatic N) is 1. The van der Waals surface area contributed by atoms with E-state index >= 15 is 0 Å². The smallest absolute Gasteiger partial charge is 0.253 e. The predicted molar refractivity (Wildman–Crippen MR) is 131 cm³/mol. The molecule has 3 aromatic rings. The fraction of sp³-hybridized carbons (Fsp3) is 0.286. The molecule has 0 spiro atoms. The molecule has 176 valence electrons. The Hall–Kier alpha value is -3.80. The van der Waals surface area contributed by atoms with E-state index in [1.165, 1.54) is 0 Å². The number of hydrogen-bond donors (Lipinski definition) is 1. The summed E-state index contributed by atoms with van der Waals surface area (Å²) in [6.07, 6.45) is 0. The van der Waals surface area contributed by atoms with E-state index in [2.05, 4.69) is 5.32 Å². The van der Waals surface area contributed by atoms with Gasteiger partial charge in [0.2, 0.25) is 5.91 Å². The minimum Gasteiger partial charge on any atom is -0.497 e. The average Bonchev–Trinajstić information content (AvgIpc) is 3.33. The lowest BCUT2D eigenvalue weighted by molar-refractivity contribution is -0.125. The standard InChI is InChI=1S/C28H30N2O4/c1-19-9-11-21(12-10-19)28(32)30-17-24(23-15-22(33-2)13-14-26(23)34-3)25(18-30)27(31)29-16-20-7-5-4-6-8-20/h4-15,24-25H,16-18H2,1-3H3,(H,29,31)/t24-,25+/m1/s1. The van der Waals surface area contributed by atoms with Crippen LogP contribution in [0.4, 0.5) is 0 Å². The number of aryl methyl sites for hydroxylation is 1. The van der Waals surface area contributed by atoms with Gasteiger partial charge >= 0.3 is 0 Å². The van der Waals surface area contributed by atoms with Gasteiger partial charge in [0.05, 0.1) is 20.1 Å². The summed E-state index contributed by atoms with van der Waals surface area (Å²) in [5.41, 5.74) is 3.60. The Labute approximate surface area is 200 Å². The van der Waals surface area contributed by atoms with E-state index in [1.807, 2.05) is 79.7 Å². The quantitative estimate of drug-likeness (QED) is 0.577. The average molecular weight is 459 g/mol. The molecule has 1 heterocycles. The van der Waals surface area contributed by atoms with Gasteiger partial charge in [-0.15, -0.1) is 0 Å². The Bertz CT molecular complexity index is 1140. The van der Waals surface area contributed by atoms with Gasteiger partial charge < -0.3 is 19.7 Å². The highest BCUT2D eigenvalue weighted by molar-refractivity contribution is 5.95. The summed E-state index contributed by atoms with van der Waals surface area (Å²) >= 11 is 0. The summed E-state index contributed by atoms with van der Waals surface area (Å²) in [4.78, 5) is 28.4. The van der Waals surface area contributed by atoms with Gasteiger partial charge in [-0.3, -0.25) is 9.59 Å². The monoisotopic (exact) mass is 458 g/mol. The molecule has 2 amide bonds. The molecule has 1 fully saturated rings. The highest BCUT2D eigenvalue weighted by Gasteiger charge is 2.41. The number of rotatable bonds is 7. The number of benzene rings is 3. The lowest BCUT2D eigenvalue weighted by Crippen LogP contribution is -2.35. The second-order valence-electron chi connectivity index (χ2n) is 8.60. The molecule has 1 aliphatic heterocycles. The molecule has 1 aliphatic rings. The first-order valence-electron chi connectivity index (χ1n) is 11.4. The van der Waals surface area contributed by atoms with Gasteiger partial charge in [-0.05, 0) is 42.8 Å². The molecular formula is C28H30N2O4. The van der Waals surface area contributed by atoms with Gasteiger partial charge in [0.1, 0.15) is 11.5 Å². The van der Waals surface area contributed by atoms with Gasteiger partial charge in [0, 0.05) is 36.7 Å². The molecule has 0 aromatic heterocycles. The van der Waals surface area contributed by atoms with Crippen LogP contribution in [-0.2, 0) is 11.3 Å². The summed E-state index contributed by atoms with van der Waals surface area (Å²) in [6.45, 7) is 3.17. The molecule has 0 saturated carbocycles. The summed E-state index contributed by atoms with van der Waals surface area (Å²) in [5, 5.41) is 3.06. The third-order valence-corrected chi connectivity index (χ3v) is 6.39. The van der Waals surface area contributed by atoms with Crippen LogP contribution in [0.3, 0.4) is 0 Å². The van der Waals surface area contributed by atoms with Crippen molar-refractivity contribution in [3.63, 3.8) is 0 Å². The van der Waals surface area contributed by atoms with Crippen molar-refractivity contribution in [2.75, 3.05) is 27.3 Å². The van der Waals surface area contributed by atoms with Crippen molar-refractivity contribution in [3.05, 3.63) is 95.1 Å². The molecule has 1 N–H and O–H groups in total. The molecule has 34 heavy (non-hydrogen) atoms.